The topological polar surface area (TPSA) is 91.6 Å². The maximum atomic E-state index is 12.3. The zero-order valence-corrected chi connectivity index (χ0v) is 13.0. The molecule has 0 spiro atoms. The van der Waals surface area contributed by atoms with Crippen LogP contribution in [0.1, 0.15) is 35.2 Å². The van der Waals surface area contributed by atoms with Gasteiger partial charge in [0.25, 0.3) is 0 Å². The molecule has 2 aliphatic rings. The zero-order chi connectivity index (χ0) is 16.2. The Labute approximate surface area is 135 Å². The molecule has 1 saturated heterocycles. The number of pyridine rings is 1. The Hall–Kier alpha value is -2.41. The van der Waals surface area contributed by atoms with Crippen molar-refractivity contribution in [3.8, 4) is 0 Å². The van der Waals surface area contributed by atoms with E-state index in [2.05, 4.69) is 10.4 Å². The smallest absolute Gasteiger partial charge is 0.238 e. The van der Waals surface area contributed by atoms with Crippen LogP contribution in [-0.2, 0) is 4.79 Å². The molecule has 0 bridgehead atoms. The second-order valence-corrected chi connectivity index (χ2v) is 5.91. The summed E-state index contributed by atoms with van der Waals surface area (Å²) >= 11 is 0. The van der Waals surface area contributed by atoms with E-state index in [1.807, 2.05) is 16.1 Å². The third-order valence-corrected chi connectivity index (χ3v) is 4.26. The van der Waals surface area contributed by atoms with Gasteiger partial charge in [-0.1, -0.05) is 0 Å². The molecule has 3 N–H and O–H groups in total. The summed E-state index contributed by atoms with van der Waals surface area (Å²) in [6.45, 7) is 2.64. The first kappa shape index (κ1) is 15.5. The number of piperidine rings is 1. The standard InChI is InChI=1S/C16H21N5O2/c17-16-13(11-22)6-12(7-18-16)14-8-19-21(9-14)10-15(23)20-4-2-1-3-5-20/h6-8,11,19H,1-5,9-10H2,(H2,17,18). The molecule has 23 heavy (non-hydrogen) atoms. The third kappa shape index (κ3) is 3.50. The lowest BCUT2D eigenvalue weighted by Gasteiger charge is -2.28. The number of nitrogen functional groups attached to an aromatic ring is 1. The van der Waals surface area contributed by atoms with Gasteiger partial charge in [-0.25, -0.2) is 9.99 Å². The predicted octanol–water partition coefficient (Wildman–Crippen LogP) is 0.650. The average Bonchev–Trinajstić information content (AvgIpc) is 3.04. The minimum absolute atomic E-state index is 0.149. The van der Waals surface area contributed by atoms with Gasteiger partial charge in [-0.2, -0.15) is 0 Å². The Bertz CT molecular complexity index is 637. The van der Waals surface area contributed by atoms with Crippen LogP contribution in [0.25, 0.3) is 5.57 Å². The summed E-state index contributed by atoms with van der Waals surface area (Å²) in [5, 5.41) is 1.86. The summed E-state index contributed by atoms with van der Waals surface area (Å²) in [5.74, 6) is 0.378. The van der Waals surface area contributed by atoms with E-state index in [9.17, 15) is 9.59 Å². The lowest BCUT2D eigenvalue weighted by molar-refractivity contribution is -0.133. The maximum Gasteiger partial charge on any atom is 0.238 e. The van der Waals surface area contributed by atoms with Gasteiger partial charge >= 0.3 is 0 Å². The minimum atomic E-state index is 0.149. The van der Waals surface area contributed by atoms with Gasteiger partial charge in [0.2, 0.25) is 5.91 Å². The van der Waals surface area contributed by atoms with Crippen LogP contribution < -0.4 is 11.2 Å². The molecule has 0 unspecified atom stereocenters. The van der Waals surface area contributed by atoms with Crippen molar-refractivity contribution in [3.63, 3.8) is 0 Å². The number of nitrogens with one attached hydrogen (secondary N) is 1. The number of aromatic nitrogens is 1. The maximum absolute atomic E-state index is 12.3. The van der Waals surface area contributed by atoms with E-state index < -0.39 is 0 Å². The first-order valence-corrected chi connectivity index (χ1v) is 7.86. The molecule has 7 nitrogen and oxygen atoms in total. The van der Waals surface area contributed by atoms with E-state index in [1.165, 1.54) is 6.42 Å². The van der Waals surface area contributed by atoms with Crippen molar-refractivity contribution in [2.24, 2.45) is 0 Å². The van der Waals surface area contributed by atoms with Crippen molar-refractivity contribution >= 4 is 23.6 Å². The van der Waals surface area contributed by atoms with Gasteiger partial charge in [0, 0.05) is 32.0 Å². The highest BCUT2D eigenvalue weighted by Gasteiger charge is 2.22. The van der Waals surface area contributed by atoms with Crippen LogP contribution in [0.15, 0.2) is 18.5 Å². The molecule has 3 rings (SSSR count). The van der Waals surface area contributed by atoms with Crippen molar-refractivity contribution in [1.82, 2.24) is 20.3 Å². The van der Waals surface area contributed by atoms with Gasteiger partial charge in [-0.3, -0.25) is 9.59 Å². The number of carbonyl (C=O) groups is 2. The normalized spacial score (nSPS) is 18.4. The average molecular weight is 315 g/mol. The van der Waals surface area contributed by atoms with Crippen LogP contribution in [0, 0.1) is 0 Å². The highest BCUT2D eigenvalue weighted by molar-refractivity contribution is 5.84. The third-order valence-electron chi connectivity index (χ3n) is 4.26. The van der Waals surface area contributed by atoms with E-state index in [-0.39, 0.29) is 11.7 Å². The molecular formula is C16H21N5O2. The first-order valence-electron chi connectivity index (χ1n) is 7.86. The molecule has 3 heterocycles. The molecule has 7 heteroatoms. The predicted molar refractivity (Wildman–Crippen MR) is 87.2 cm³/mol. The number of anilines is 1. The van der Waals surface area contributed by atoms with Crippen LogP contribution >= 0.6 is 0 Å². The van der Waals surface area contributed by atoms with Gasteiger partial charge in [-0.05, 0) is 36.5 Å². The van der Waals surface area contributed by atoms with Gasteiger partial charge < -0.3 is 16.1 Å². The van der Waals surface area contributed by atoms with Crippen LogP contribution in [-0.4, -0.2) is 53.3 Å². The number of amides is 1. The number of nitrogens with two attached hydrogens (primary N) is 1. The summed E-state index contributed by atoms with van der Waals surface area (Å²) in [6, 6.07) is 1.72. The highest BCUT2D eigenvalue weighted by atomic mass is 16.2. The SMILES string of the molecule is Nc1ncc(C2=CNN(CC(=O)N3CCCCC3)C2)cc1C=O. The number of nitrogens with zero attached hydrogens (tertiary/aromatic N) is 3. The molecule has 1 fully saturated rings. The van der Waals surface area contributed by atoms with Gasteiger partial charge in [0.15, 0.2) is 6.29 Å². The van der Waals surface area contributed by atoms with E-state index in [1.54, 1.807) is 12.3 Å². The van der Waals surface area contributed by atoms with Crippen LogP contribution in [0.3, 0.4) is 0 Å². The number of hydrogen-bond acceptors (Lipinski definition) is 6. The van der Waals surface area contributed by atoms with E-state index >= 15 is 0 Å². The molecule has 0 saturated carbocycles. The van der Waals surface area contributed by atoms with E-state index in [0.717, 1.165) is 37.1 Å². The van der Waals surface area contributed by atoms with Crippen LogP contribution in [0.2, 0.25) is 0 Å². The summed E-state index contributed by atoms with van der Waals surface area (Å²) < 4.78 is 0. The largest absolute Gasteiger partial charge is 0.383 e. The molecule has 0 radical (unpaired) electrons. The Morgan fingerprint density at radius 1 is 1.35 bits per heavy atom. The number of aldehydes is 1. The van der Waals surface area contributed by atoms with Crippen molar-refractivity contribution in [2.45, 2.75) is 19.3 Å². The van der Waals surface area contributed by atoms with Crippen molar-refractivity contribution in [3.05, 3.63) is 29.6 Å². The summed E-state index contributed by atoms with van der Waals surface area (Å²) in [4.78, 5) is 29.2. The van der Waals surface area contributed by atoms with Crippen molar-refractivity contribution < 1.29 is 9.59 Å². The zero-order valence-electron chi connectivity index (χ0n) is 13.0. The second kappa shape index (κ2) is 6.78. The molecule has 122 valence electrons. The Balaban J connectivity index is 1.59. The molecule has 0 aromatic carbocycles. The van der Waals surface area contributed by atoms with Crippen molar-refractivity contribution in [1.29, 1.82) is 0 Å². The molecule has 1 aromatic heterocycles. The number of likely N-dealkylation sites (tertiary alicyclic amines) is 1. The number of rotatable bonds is 4. The quantitative estimate of drug-likeness (QED) is 0.793. The molecule has 0 atom stereocenters. The lowest BCUT2D eigenvalue weighted by Crippen LogP contribution is -2.44. The van der Waals surface area contributed by atoms with Crippen molar-refractivity contribution in [2.75, 3.05) is 31.9 Å². The summed E-state index contributed by atoms with van der Waals surface area (Å²) in [5.41, 5.74) is 10.9. The van der Waals surface area contributed by atoms with Gasteiger partial charge in [-0.15, -0.1) is 0 Å². The molecule has 0 aliphatic carbocycles. The number of hydrogen-bond donors (Lipinski definition) is 2. The molecule has 2 aliphatic heterocycles. The van der Waals surface area contributed by atoms with Gasteiger partial charge in [0.05, 0.1) is 12.1 Å². The highest BCUT2D eigenvalue weighted by Crippen LogP contribution is 2.20. The van der Waals surface area contributed by atoms with E-state index in [0.29, 0.717) is 24.9 Å². The fourth-order valence-electron chi connectivity index (χ4n) is 2.91. The number of hydrazine groups is 1. The Morgan fingerprint density at radius 3 is 2.87 bits per heavy atom. The number of carbonyl (C=O) groups excluding carboxylic acids is 2. The molecular weight excluding hydrogens is 294 g/mol. The van der Waals surface area contributed by atoms with Crippen LogP contribution in [0.4, 0.5) is 5.82 Å². The minimum Gasteiger partial charge on any atom is -0.383 e. The monoisotopic (exact) mass is 315 g/mol. The Morgan fingerprint density at radius 2 is 2.13 bits per heavy atom. The van der Waals surface area contributed by atoms with Crippen LogP contribution in [0.5, 0.6) is 0 Å². The Kier molecular flexibility index (Phi) is 4.57. The first-order chi connectivity index (χ1) is 11.2. The second-order valence-electron chi connectivity index (χ2n) is 5.91. The van der Waals surface area contributed by atoms with Gasteiger partial charge in [0.1, 0.15) is 5.82 Å². The molecule has 1 amide bonds. The summed E-state index contributed by atoms with van der Waals surface area (Å²) in [7, 11) is 0. The fourth-order valence-corrected chi connectivity index (χ4v) is 2.91. The summed E-state index contributed by atoms with van der Waals surface area (Å²) in [6.07, 6.45) is 7.58. The molecule has 1 aromatic rings. The lowest BCUT2D eigenvalue weighted by atomic mass is 10.1. The van der Waals surface area contributed by atoms with E-state index in [4.69, 9.17) is 5.73 Å². The fraction of sp³-hybridized carbons (Fsp3) is 0.438.